The second-order valence-electron chi connectivity index (χ2n) is 6.66. The van der Waals surface area contributed by atoms with Crippen molar-refractivity contribution in [3.8, 4) is 5.75 Å². The van der Waals surface area contributed by atoms with Crippen molar-refractivity contribution in [2.24, 2.45) is 11.8 Å². The van der Waals surface area contributed by atoms with Gasteiger partial charge < -0.3 is 10.2 Å². The van der Waals surface area contributed by atoms with Gasteiger partial charge in [-0.05, 0) is 36.8 Å². The van der Waals surface area contributed by atoms with Crippen molar-refractivity contribution in [3.63, 3.8) is 0 Å². The molecule has 2 fully saturated rings. The smallest absolute Gasteiger partial charge is 0.134 e. The molecule has 0 radical (unpaired) electrons. The van der Waals surface area contributed by atoms with Crippen molar-refractivity contribution in [1.82, 2.24) is 4.90 Å². The Morgan fingerprint density at radius 2 is 2.19 bits per heavy atom. The molecule has 21 heavy (non-hydrogen) atoms. The first-order valence-corrected chi connectivity index (χ1v) is 8.32. The van der Waals surface area contributed by atoms with Crippen LogP contribution >= 0.6 is 11.6 Å². The minimum absolute atomic E-state index is 0.149. The molecule has 4 heteroatoms. The molecule has 0 unspecified atom stereocenters. The summed E-state index contributed by atoms with van der Waals surface area (Å²) >= 11 is 6.18. The van der Waals surface area contributed by atoms with Gasteiger partial charge in [0, 0.05) is 25.6 Å². The van der Waals surface area contributed by atoms with Crippen LogP contribution in [0.15, 0.2) is 18.2 Å². The SMILES string of the molecule is CC[C@@]1(O)CCC[C@@H]2CN(Cc3cccc(O)c3Cl)C[C@@H]21. The van der Waals surface area contributed by atoms with Crippen LogP contribution in [0.5, 0.6) is 5.75 Å². The van der Waals surface area contributed by atoms with Crippen LogP contribution in [0.4, 0.5) is 0 Å². The van der Waals surface area contributed by atoms with Crippen molar-refractivity contribution in [2.75, 3.05) is 13.1 Å². The van der Waals surface area contributed by atoms with Crippen molar-refractivity contribution in [2.45, 2.75) is 44.8 Å². The lowest BCUT2D eigenvalue weighted by molar-refractivity contribution is -0.0613. The van der Waals surface area contributed by atoms with Crippen molar-refractivity contribution >= 4 is 11.6 Å². The van der Waals surface area contributed by atoms with Crippen LogP contribution in [-0.4, -0.2) is 33.8 Å². The van der Waals surface area contributed by atoms with Gasteiger partial charge in [-0.15, -0.1) is 0 Å². The van der Waals surface area contributed by atoms with Crippen LogP contribution < -0.4 is 0 Å². The summed E-state index contributed by atoms with van der Waals surface area (Å²) in [6.45, 7) is 4.80. The molecule has 3 nitrogen and oxygen atoms in total. The molecule has 2 aliphatic rings. The molecule has 1 aromatic rings. The summed E-state index contributed by atoms with van der Waals surface area (Å²) in [5.41, 5.74) is 0.482. The van der Waals surface area contributed by atoms with Crippen molar-refractivity contribution in [1.29, 1.82) is 0 Å². The maximum absolute atomic E-state index is 10.8. The van der Waals surface area contributed by atoms with E-state index in [0.29, 0.717) is 16.9 Å². The Kier molecular flexibility index (Phi) is 4.17. The number of likely N-dealkylation sites (tertiary alicyclic amines) is 1. The third-order valence-corrected chi connectivity index (χ3v) is 5.89. The van der Waals surface area contributed by atoms with Gasteiger partial charge in [0.25, 0.3) is 0 Å². The lowest BCUT2D eigenvalue weighted by Crippen LogP contribution is -2.44. The van der Waals surface area contributed by atoms with Gasteiger partial charge in [-0.25, -0.2) is 0 Å². The van der Waals surface area contributed by atoms with Crippen LogP contribution in [0.25, 0.3) is 0 Å². The highest BCUT2D eigenvalue weighted by atomic mass is 35.5. The number of phenols is 1. The monoisotopic (exact) mass is 309 g/mol. The number of aromatic hydroxyl groups is 1. The molecule has 1 saturated heterocycles. The minimum atomic E-state index is -0.486. The second-order valence-corrected chi connectivity index (χ2v) is 7.04. The van der Waals surface area contributed by atoms with E-state index in [4.69, 9.17) is 11.6 Å². The summed E-state index contributed by atoms with van der Waals surface area (Å²) in [6.07, 6.45) is 4.13. The molecule has 0 aromatic heterocycles. The number of fused-ring (bicyclic) bond motifs is 1. The van der Waals surface area contributed by atoms with Crippen LogP contribution in [0.3, 0.4) is 0 Å². The molecule has 2 N–H and O–H groups in total. The fourth-order valence-electron chi connectivity index (χ4n) is 4.21. The standard InChI is InChI=1S/C17H24ClNO2/c1-2-17(21)8-4-6-12-9-19(11-14(12)17)10-13-5-3-7-15(20)16(13)18/h3,5,7,12,14,20-21H,2,4,6,8-11H2,1H3/t12-,14+,17-/m1/s1. The fourth-order valence-corrected chi connectivity index (χ4v) is 4.40. The van der Waals surface area contributed by atoms with Crippen molar-refractivity contribution in [3.05, 3.63) is 28.8 Å². The number of aliphatic hydroxyl groups is 1. The average molecular weight is 310 g/mol. The Balaban J connectivity index is 1.73. The molecule has 1 aromatic carbocycles. The number of hydrogen-bond donors (Lipinski definition) is 2. The van der Waals surface area contributed by atoms with E-state index in [1.807, 2.05) is 12.1 Å². The van der Waals surface area contributed by atoms with Gasteiger partial charge in [0.15, 0.2) is 0 Å². The van der Waals surface area contributed by atoms with Crippen molar-refractivity contribution < 1.29 is 10.2 Å². The molecular formula is C17H24ClNO2. The van der Waals surface area contributed by atoms with Crippen LogP contribution in [-0.2, 0) is 6.54 Å². The number of benzene rings is 1. The van der Waals surface area contributed by atoms with Crippen LogP contribution in [0.2, 0.25) is 5.02 Å². The molecule has 1 aliphatic heterocycles. The van der Waals surface area contributed by atoms with Gasteiger partial charge in [0.2, 0.25) is 0 Å². The van der Waals surface area contributed by atoms with E-state index < -0.39 is 5.60 Å². The quantitative estimate of drug-likeness (QED) is 0.899. The normalized spacial score (nSPS) is 33.1. The highest BCUT2D eigenvalue weighted by Crippen LogP contribution is 2.44. The summed E-state index contributed by atoms with van der Waals surface area (Å²) in [5, 5.41) is 21.0. The Bertz CT molecular complexity index is 522. The van der Waals surface area contributed by atoms with Gasteiger partial charge in [0.05, 0.1) is 10.6 Å². The zero-order chi connectivity index (χ0) is 15.0. The first-order chi connectivity index (χ1) is 10.0. The second kappa shape index (κ2) is 5.79. The molecule has 0 spiro atoms. The largest absolute Gasteiger partial charge is 0.506 e. The van der Waals surface area contributed by atoms with Gasteiger partial charge in [-0.2, -0.15) is 0 Å². The first-order valence-electron chi connectivity index (χ1n) is 7.94. The Morgan fingerprint density at radius 3 is 2.95 bits per heavy atom. The topological polar surface area (TPSA) is 43.7 Å². The molecule has 116 valence electrons. The number of nitrogens with zero attached hydrogens (tertiary/aromatic N) is 1. The summed E-state index contributed by atoms with van der Waals surface area (Å²) in [5.74, 6) is 1.13. The number of hydrogen-bond acceptors (Lipinski definition) is 3. The van der Waals surface area contributed by atoms with E-state index in [1.165, 1.54) is 6.42 Å². The van der Waals surface area contributed by atoms with E-state index in [0.717, 1.165) is 44.5 Å². The molecule has 1 aliphatic carbocycles. The van der Waals surface area contributed by atoms with Gasteiger partial charge >= 0.3 is 0 Å². The molecule has 1 saturated carbocycles. The summed E-state index contributed by atoms with van der Waals surface area (Å²) < 4.78 is 0. The first kappa shape index (κ1) is 15.1. The zero-order valence-corrected chi connectivity index (χ0v) is 13.3. The lowest BCUT2D eigenvalue weighted by Gasteiger charge is -2.40. The van der Waals surface area contributed by atoms with E-state index in [9.17, 15) is 10.2 Å². The average Bonchev–Trinajstić information content (AvgIpc) is 2.88. The third kappa shape index (κ3) is 2.79. The predicted molar refractivity (Wildman–Crippen MR) is 84.5 cm³/mol. The predicted octanol–water partition coefficient (Wildman–Crippen LogP) is 3.42. The molecule has 0 bridgehead atoms. The number of halogens is 1. The number of rotatable bonds is 3. The Labute approximate surface area is 131 Å². The Hall–Kier alpha value is -0.770. The molecule has 1 heterocycles. The van der Waals surface area contributed by atoms with Gasteiger partial charge in [-0.1, -0.05) is 37.1 Å². The zero-order valence-electron chi connectivity index (χ0n) is 12.6. The van der Waals surface area contributed by atoms with Crippen LogP contribution in [0, 0.1) is 11.8 Å². The Morgan fingerprint density at radius 1 is 1.38 bits per heavy atom. The van der Waals surface area contributed by atoms with E-state index >= 15 is 0 Å². The van der Waals surface area contributed by atoms with E-state index in [-0.39, 0.29) is 5.75 Å². The third-order valence-electron chi connectivity index (χ3n) is 5.46. The molecule has 3 atom stereocenters. The lowest BCUT2D eigenvalue weighted by atomic mass is 9.69. The highest BCUT2D eigenvalue weighted by molar-refractivity contribution is 6.32. The minimum Gasteiger partial charge on any atom is -0.506 e. The number of phenolic OH excluding ortho intramolecular Hbond substituents is 1. The highest BCUT2D eigenvalue weighted by Gasteiger charge is 2.47. The maximum atomic E-state index is 10.8. The molecular weight excluding hydrogens is 286 g/mol. The summed E-state index contributed by atoms with van der Waals surface area (Å²) in [4.78, 5) is 2.38. The van der Waals surface area contributed by atoms with E-state index in [1.54, 1.807) is 6.07 Å². The molecule has 0 amide bonds. The van der Waals surface area contributed by atoms with Gasteiger partial charge in [0.1, 0.15) is 5.75 Å². The molecule has 3 rings (SSSR count). The van der Waals surface area contributed by atoms with Crippen LogP contribution in [0.1, 0.15) is 38.2 Å². The summed E-state index contributed by atoms with van der Waals surface area (Å²) in [6, 6.07) is 5.42. The van der Waals surface area contributed by atoms with E-state index in [2.05, 4.69) is 11.8 Å². The fraction of sp³-hybridized carbons (Fsp3) is 0.647. The summed E-state index contributed by atoms with van der Waals surface area (Å²) in [7, 11) is 0. The maximum Gasteiger partial charge on any atom is 0.134 e. The van der Waals surface area contributed by atoms with Gasteiger partial charge in [-0.3, -0.25) is 4.90 Å².